The molecule has 0 radical (unpaired) electrons. The smallest absolute Gasteiger partial charge is 0.255 e. The summed E-state index contributed by atoms with van der Waals surface area (Å²) in [6, 6.07) is 11.1. The van der Waals surface area contributed by atoms with E-state index in [0.717, 1.165) is 5.69 Å². The van der Waals surface area contributed by atoms with Crippen molar-refractivity contribution >= 4 is 5.91 Å². The summed E-state index contributed by atoms with van der Waals surface area (Å²) in [7, 11) is 0. The van der Waals surface area contributed by atoms with E-state index in [4.69, 9.17) is 0 Å². The molecule has 0 unspecified atom stereocenters. The lowest BCUT2D eigenvalue weighted by molar-refractivity contribution is -0.00588. The number of carbonyl (C=O) groups excluding carboxylic acids is 1. The summed E-state index contributed by atoms with van der Waals surface area (Å²) in [5.41, 5.74) is 2.10. The number of hydrogen-bond acceptors (Lipinski definition) is 4. The molecule has 0 aliphatic heterocycles. The lowest BCUT2D eigenvalue weighted by Crippen LogP contribution is -2.56. The molecule has 7 nitrogen and oxygen atoms in total. The van der Waals surface area contributed by atoms with Crippen LogP contribution in [0.4, 0.5) is 0 Å². The molecular weight excluding hydrogens is 318 g/mol. The summed E-state index contributed by atoms with van der Waals surface area (Å²) in [5, 5.41) is 21.6. The van der Waals surface area contributed by atoms with E-state index >= 15 is 0 Å². The summed E-state index contributed by atoms with van der Waals surface area (Å²) in [5.74, 6) is -0.186. The van der Waals surface area contributed by atoms with Crippen LogP contribution >= 0.6 is 0 Å². The molecule has 0 spiro atoms. The molecule has 128 valence electrons. The predicted octanol–water partition coefficient (Wildman–Crippen LogP) is 1.48. The SMILES string of the molecule is Cc1nn(-c2ccccc2)cc1C(=O)N[C@H]1C[C@@H](O)[C@@H]1n1cccn1. The van der Waals surface area contributed by atoms with Crippen molar-refractivity contribution in [3.05, 3.63) is 66.2 Å². The Bertz CT molecular complexity index is 872. The Morgan fingerprint density at radius 2 is 2.08 bits per heavy atom. The number of nitrogens with zero attached hydrogens (tertiary/aromatic N) is 4. The monoisotopic (exact) mass is 337 g/mol. The Balaban J connectivity index is 1.51. The molecule has 3 aromatic rings. The molecule has 2 heterocycles. The van der Waals surface area contributed by atoms with Gasteiger partial charge in [-0.1, -0.05) is 18.2 Å². The first-order valence-corrected chi connectivity index (χ1v) is 8.23. The summed E-state index contributed by atoms with van der Waals surface area (Å²) in [6.07, 6.45) is 5.21. The Kier molecular flexibility index (Phi) is 3.85. The van der Waals surface area contributed by atoms with Gasteiger partial charge in [0, 0.05) is 18.6 Å². The third-order valence-electron chi connectivity index (χ3n) is 4.61. The number of aromatic nitrogens is 4. The molecule has 2 aromatic heterocycles. The molecule has 7 heteroatoms. The fourth-order valence-corrected chi connectivity index (χ4v) is 3.22. The standard InChI is InChI=1S/C18H19N5O2/c1-12-14(11-23(21-12)13-6-3-2-4-7-13)18(25)20-15-10-16(24)17(15)22-9-5-8-19-22/h2-9,11,15-17,24H,10H2,1H3,(H,20,25)/t15-,16+,17+/m0/s1. The molecule has 1 aliphatic rings. The number of hydrogen-bond donors (Lipinski definition) is 2. The van der Waals surface area contributed by atoms with E-state index in [1.165, 1.54) is 0 Å². The fraction of sp³-hybridized carbons (Fsp3) is 0.278. The summed E-state index contributed by atoms with van der Waals surface area (Å²) in [6.45, 7) is 1.81. The lowest BCUT2D eigenvalue weighted by Gasteiger charge is -2.41. The van der Waals surface area contributed by atoms with Gasteiger partial charge in [-0.3, -0.25) is 9.48 Å². The molecule has 25 heavy (non-hydrogen) atoms. The molecule has 1 fully saturated rings. The van der Waals surface area contributed by atoms with Gasteiger partial charge < -0.3 is 10.4 Å². The van der Waals surface area contributed by atoms with Crippen LogP contribution in [-0.4, -0.2) is 42.7 Å². The van der Waals surface area contributed by atoms with E-state index in [2.05, 4.69) is 15.5 Å². The Labute approximate surface area is 144 Å². The minimum absolute atomic E-state index is 0.151. The third-order valence-corrected chi connectivity index (χ3v) is 4.61. The van der Waals surface area contributed by atoms with E-state index in [0.29, 0.717) is 17.7 Å². The maximum absolute atomic E-state index is 12.7. The predicted molar refractivity (Wildman–Crippen MR) is 91.4 cm³/mol. The van der Waals surface area contributed by atoms with Crippen molar-refractivity contribution in [2.75, 3.05) is 0 Å². The van der Waals surface area contributed by atoms with E-state index in [9.17, 15) is 9.90 Å². The van der Waals surface area contributed by atoms with Crippen LogP contribution < -0.4 is 5.32 Å². The first kappa shape index (κ1) is 15.6. The minimum Gasteiger partial charge on any atom is -0.391 e. The van der Waals surface area contributed by atoms with Crippen molar-refractivity contribution in [3.63, 3.8) is 0 Å². The molecule has 3 atom stereocenters. The van der Waals surface area contributed by atoms with Gasteiger partial charge in [-0.05, 0) is 31.5 Å². The number of rotatable bonds is 4. The van der Waals surface area contributed by atoms with Crippen molar-refractivity contribution in [3.8, 4) is 5.69 Å². The van der Waals surface area contributed by atoms with Crippen LogP contribution in [0.2, 0.25) is 0 Å². The number of carbonyl (C=O) groups is 1. The van der Waals surface area contributed by atoms with E-state index in [1.807, 2.05) is 37.3 Å². The average Bonchev–Trinajstić information content (AvgIpc) is 3.25. The van der Waals surface area contributed by atoms with Gasteiger partial charge in [0.25, 0.3) is 5.91 Å². The highest BCUT2D eigenvalue weighted by Gasteiger charge is 2.42. The van der Waals surface area contributed by atoms with Crippen LogP contribution in [0.25, 0.3) is 5.69 Å². The van der Waals surface area contributed by atoms with Crippen LogP contribution in [0.1, 0.15) is 28.5 Å². The number of benzene rings is 1. The molecule has 1 aromatic carbocycles. The molecule has 4 rings (SSSR count). The highest BCUT2D eigenvalue weighted by atomic mass is 16.3. The molecular formula is C18H19N5O2. The largest absolute Gasteiger partial charge is 0.391 e. The van der Waals surface area contributed by atoms with Crippen LogP contribution in [0.15, 0.2) is 55.0 Å². The zero-order chi connectivity index (χ0) is 17.4. The average molecular weight is 337 g/mol. The summed E-state index contributed by atoms with van der Waals surface area (Å²) < 4.78 is 3.39. The third kappa shape index (κ3) is 2.83. The first-order chi connectivity index (χ1) is 12.1. The maximum atomic E-state index is 12.7. The van der Waals surface area contributed by atoms with E-state index in [-0.39, 0.29) is 18.0 Å². The van der Waals surface area contributed by atoms with Crippen LogP contribution in [-0.2, 0) is 0 Å². The Morgan fingerprint density at radius 3 is 2.76 bits per heavy atom. The number of para-hydroxylation sites is 1. The van der Waals surface area contributed by atoms with Crippen molar-refractivity contribution in [1.29, 1.82) is 0 Å². The molecule has 1 saturated carbocycles. The fourth-order valence-electron chi connectivity index (χ4n) is 3.22. The topological polar surface area (TPSA) is 85.0 Å². The Morgan fingerprint density at radius 1 is 1.28 bits per heavy atom. The van der Waals surface area contributed by atoms with Gasteiger partial charge in [-0.15, -0.1) is 0 Å². The van der Waals surface area contributed by atoms with Crippen LogP contribution in [0, 0.1) is 6.92 Å². The van der Waals surface area contributed by atoms with Crippen molar-refractivity contribution in [2.45, 2.75) is 31.5 Å². The molecule has 2 N–H and O–H groups in total. The molecule has 1 aliphatic carbocycles. The zero-order valence-electron chi connectivity index (χ0n) is 13.8. The number of amides is 1. The highest BCUT2D eigenvalue weighted by molar-refractivity contribution is 5.95. The van der Waals surface area contributed by atoms with Crippen LogP contribution in [0.5, 0.6) is 0 Å². The van der Waals surface area contributed by atoms with Crippen molar-refractivity contribution in [1.82, 2.24) is 24.9 Å². The van der Waals surface area contributed by atoms with Crippen molar-refractivity contribution in [2.24, 2.45) is 0 Å². The molecule has 1 amide bonds. The van der Waals surface area contributed by atoms with Gasteiger partial charge in [0.05, 0.1) is 35.1 Å². The maximum Gasteiger partial charge on any atom is 0.255 e. The second kappa shape index (κ2) is 6.18. The summed E-state index contributed by atoms with van der Waals surface area (Å²) >= 11 is 0. The van der Waals surface area contributed by atoms with Gasteiger partial charge in [-0.25, -0.2) is 4.68 Å². The number of aryl methyl sites for hydroxylation is 1. The first-order valence-electron chi connectivity index (χ1n) is 8.23. The van der Waals surface area contributed by atoms with Gasteiger partial charge in [0.1, 0.15) is 0 Å². The number of nitrogens with one attached hydrogen (secondary N) is 1. The van der Waals surface area contributed by atoms with Gasteiger partial charge in [-0.2, -0.15) is 10.2 Å². The van der Waals surface area contributed by atoms with E-state index < -0.39 is 6.10 Å². The van der Waals surface area contributed by atoms with Gasteiger partial charge in [0.15, 0.2) is 0 Å². The minimum atomic E-state index is -0.502. The second-order valence-electron chi connectivity index (χ2n) is 6.27. The lowest BCUT2D eigenvalue weighted by atomic mass is 9.83. The summed E-state index contributed by atoms with van der Waals surface area (Å²) in [4.78, 5) is 12.7. The van der Waals surface area contributed by atoms with Gasteiger partial charge >= 0.3 is 0 Å². The van der Waals surface area contributed by atoms with Crippen molar-refractivity contribution < 1.29 is 9.90 Å². The normalized spacial score (nSPS) is 22.4. The number of aliphatic hydroxyl groups is 1. The quantitative estimate of drug-likeness (QED) is 0.755. The van der Waals surface area contributed by atoms with Gasteiger partial charge in [0.2, 0.25) is 0 Å². The van der Waals surface area contributed by atoms with E-state index in [1.54, 1.807) is 34.0 Å². The Hall–Kier alpha value is -2.93. The zero-order valence-corrected chi connectivity index (χ0v) is 13.8. The molecule has 0 bridgehead atoms. The molecule has 0 saturated heterocycles. The van der Waals surface area contributed by atoms with Crippen LogP contribution in [0.3, 0.4) is 0 Å². The second-order valence-corrected chi connectivity index (χ2v) is 6.27. The highest BCUT2D eigenvalue weighted by Crippen LogP contribution is 2.32. The number of aliphatic hydroxyl groups excluding tert-OH is 1.